The zero-order valence-corrected chi connectivity index (χ0v) is 14.9. The van der Waals surface area contributed by atoms with E-state index in [4.69, 9.17) is 13.9 Å². The Morgan fingerprint density at radius 2 is 1.96 bits per heavy atom. The average Bonchev–Trinajstić information content (AvgIpc) is 3.23. The summed E-state index contributed by atoms with van der Waals surface area (Å²) in [4.78, 5) is 38.0. The number of furan rings is 1. The summed E-state index contributed by atoms with van der Waals surface area (Å²) in [6.45, 7) is 3.41. The Balaban J connectivity index is 1.61. The fourth-order valence-electron chi connectivity index (χ4n) is 2.59. The summed E-state index contributed by atoms with van der Waals surface area (Å²) < 4.78 is 15.4. The van der Waals surface area contributed by atoms with E-state index in [9.17, 15) is 14.4 Å². The molecular formula is C19H20N2O6. The van der Waals surface area contributed by atoms with Gasteiger partial charge in [0.25, 0.3) is 11.8 Å². The van der Waals surface area contributed by atoms with Gasteiger partial charge in [-0.2, -0.15) is 0 Å². The van der Waals surface area contributed by atoms with Crippen LogP contribution in [0.2, 0.25) is 0 Å². The van der Waals surface area contributed by atoms with Crippen molar-refractivity contribution in [2.24, 2.45) is 0 Å². The van der Waals surface area contributed by atoms with E-state index in [-0.39, 0.29) is 23.8 Å². The highest BCUT2D eigenvalue weighted by Crippen LogP contribution is 2.19. The maximum Gasteiger partial charge on any atom is 0.338 e. The van der Waals surface area contributed by atoms with Crippen LogP contribution in [-0.4, -0.2) is 55.6 Å². The van der Waals surface area contributed by atoms with E-state index in [0.717, 1.165) is 5.56 Å². The van der Waals surface area contributed by atoms with Crippen molar-refractivity contribution in [1.29, 1.82) is 0 Å². The van der Waals surface area contributed by atoms with Crippen LogP contribution in [0.15, 0.2) is 41.0 Å². The van der Waals surface area contributed by atoms with E-state index in [0.29, 0.717) is 32.0 Å². The Bertz CT molecular complexity index is 825. The minimum atomic E-state index is -0.634. The maximum absolute atomic E-state index is 12.3. The summed E-state index contributed by atoms with van der Waals surface area (Å²) in [5, 5.41) is 2.69. The van der Waals surface area contributed by atoms with Crippen molar-refractivity contribution in [3.05, 3.63) is 53.5 Å². The molecule has 1 aliphatic heterocycles. The van der Waals surface area contributed by atoms with Crippen LogP contribution in [0.1, 0.15) is 26.5 Å². The molecule has 0 bridgehead atoms. The highest BCUT2D eigenvalue weighted by atomic mass is 16.5. The van der Waals surface area contributed by atoms with Crippen LogP contribution in [0.4, 0.5) is 5.69 Å². The number of rotatable bonds is 5. The van der Waals surface area contributed by atoms with Crippen LogP contribution in [0.25, 0.3) is 0 Å². The largest absolute Gasteiger partial charge is 0.459 e. The van der Waals surface area contributed by atoms with E-state index < -0.39 is 11.9 Å². The lowest BCUT2D eigenvalue weighted by Crippen LogP contribution is -2.42. The Labute approximate surface area is 156 Å². The van der Waals surface area contributed by atoms with Gasteiger partial charge in [-0.15, -0.1) is 0 Å². The molecule has 0 aliphatic carbocycles. The number of nitrogens with zero attached hydrogens (tertiary/aromatic N) is 1. The lowest BCUT2D eigenvalue weighted by molar-refractivity contribution is -0.138. The van der Waals surface area contributed by atoms with Gasteiger partial charge in [-0.1, -0.05) is 6.07 Å². The number of amides is 2. The summed E-state index contributed by atoms with van der Waals surface area (Å²) in [6.07, 6.45) is 1.40. The third-order valence-corrected chi connectivity index (χ3v) is 4.16. The highest BCUT2D eigenvalue weighted by Gasteiger charge is 2.19. The molecular weight excluding hydrogens is 352 g/mol. The molecule has 0 saturated carbocycles. The van der Waals surface area contributed by atoms with Gasteiger partial charge >= 0.3 is 5.97 Å². The molecule has 1 N–H and O–H groups in total. The van der Waals surface area contributed by atoms with Gasteiger partial charge in [0.2, 0.25) is 0 Å². The van der Waals surface area contributed by atoms with Crippen molar-refractivity contribution >= 4 is 23.5 Å². The molecule has 2 aromatic rings. The summed E-state index contributed by atoms with van der Waals surface area (Å²) in [5.41, 5.74) is 1.48. The second-order valence-corrected chi connectivity index (χ2v) is 6.03. The highest BCUT2D eigenvalue weighted by molar-refractivity contribution is 6.03. The molecule has 1 fully saturated rings. The van der Waals surface area contributed by atoms with Gasteiger partial charge in [0.15, 0.2) is 12.4 Å². The van der Waals surface area contributed by atoms with Crippen LogP contribution < -0.4 is 5.32 Å². The van der Waals surface area contributed by atoms with E-state index >= 15 is 0 Å². The number of aryl methyl sites for hydroxylation is 1. The molecule has 8 nitrogen and oxygen atoms in total. The maximum atomic E-state index is 12.3. The van der Waals surface area contributed by atoms with Crippen molar-refractivity contribution in [2.75, 3.05) is 38.2 Å². The van der Waals surface area contributed by atoms with Gasteiger partial charge in [0.05, 0.1) is 25.0 Å². The monoisotopic (exact) mass is 372 g/mol. The summed E-state index contributed by atoms with van der Waals surface area (Å²) >= 11 is 0. The first-order chi connectivity index (χ1) is 13.0. The normalized spacial score (nSPS) is 13.9. The lowest BCUT2D eigenvalue weighted by Gasteiger charge is -2.26. The number of hydrogen-bond donors (Lipinski definition) is 1. The van der Waals surface area contributed by atoms with Crippen LogP contribution in [0, 0.1) is 6.92 Å². The molecule has 0 radical (unpaired) electrons. The van der Waals surface area contributed by atoms with Gasteiger partial charge in [0.1, 0.15) is 0 Å². The number of hydrogen-bond acceptors (Lipinski definition) is 6. The topological polar surface area (TPSA) is 98.1 Å². The molecule has 142 valence electrons. The van der Waals surface area contributed by atoms with E-state index in [1.807, 2.05) is 0 Å². The van der Waals surface area contributed by atoms with Crippen molar-refractivity contribution in [1.82, 2.24) is 4.90 Å². The Hall–Kier alpha value is -3.13. The third kappa shape index (κ3) is 4.73. The zero-order valence-electron chi connectivity index (χ0n) is 14.9. The van der Waals surface area contributed by atoms with Gasteiger partial charge in [-0.05, 0) is 36.8 Å². The molecule has 1 aromatic heterocycles. The Morgan fingerprint density at radius 1 is 1.19 bits per heavy atom. The second kappa shape index (κ2) is 8.50. The van der Waals surface area contributed by atoms with Gasteiger partial charge in [0, 0.05) is 18.8 Å². The summed E-state index contributed by atoms with van der Waals surface area (Å²) in [7, 11) is 0. The Morgan fingerprint density at radius 3 is 2.67 bits per heavy atom. The number of carbonyl (C=O) groups excluding carboxylic acids is 3. The molecule has 1 saturated heterocycles. The molecule has 2 amide bonds. The molecule has 3 rings (SSSR count). The average molecular weight is 372 g/mol. The predicted octanol–water partition coefficient (Wildman–Crippen LogP) is 1.86. The van der Waals surface area contributed by atoms with E-state index in [1.54, 1.807) is 36.1 Å². The minimum absolute atomic E-state index is 0.165. The molecule has 0 atom stereocenters. The third-order valence-electron chi connectivity index (χ3n) is 4.16. The van der Waals surface area contributed by atoms with Crippen LogP contribution in [-0.2, 0) is 14.3 Å². The number of benzene rings is 1. The number of esters is 1. The standard InChI is InChI=1S/C19H20N2O6/c1-13-4-5-14(11-15(13)20-18(23)16-3-2-8-26-16)19(24)27-12-17(22)21-6-9-25-10-7-21/h2-5,8,11H,6-7,9-10,12H2,1H3,(H,20,23). The molecule has 0 unspecified atom stereocenters. The van der Waals surface area contributed by atoms with E-state index in [1.165, 1.54) is 12.3 Å². The van der Waals surface area contributed by atoms with Gasteiger partial charge < -0.3 is 24.1 Å². The molecule has 27 heavy (non-hydrogen) atoms. The smallest absolute Gasteiger partial charge is 0.338 e. The lowest BCUT2D eigenvalue weighted by atomic mass is 10.1. The van der Waals surface area contributed by atoms with Crippen molar-refractivity contribution < 1.29 is 28.3 Å². The first-order valence-electron chi connectivity index (χ1n) is 8.53. The second-order valence-electron chi connectivity index (χ2n) is 6.03. The number of nitrogens with one attached hydrogen (secondary N) is 1. The number of morpholine rings is 1. The Kier molecular flexibility index (Phi) is 5.87. The zero-order chi connectivity index (χ0) is 19.2. The molecule has 2 heterocycles. The SMILES string of the molecule is Cc1ccc(C(=O)OCC(=O)N2CCOCC2)cc1NC(=O)c1ccco1. The molecule has 1 aromatic carbocycles. The van der Waals surface area contributed by atoms with Crippen LogP contribution in [0.3, 0.4) is 0 Å². The van der Waals surface area contributed by atoms with Crippen molar-refractivity contribution in [3.8, 4) is 0 Å². The first kappa shape index (κ1) is 18.7. The van der Waals surface area contributed by atoms with Crippen LogP contribution >= 0.6 is 0 Å². The molecule has 8 heteroatoms. The summed E-state index contributed by atoms with van der Waals surface area (Å²) in [5.74, 6) is -1.15. The quantitative estimate of drug-likeness (QED) is 0.805. The number of anilines is 1. The molecule has 1 aliphatic rings. The fourth-order valence-corrected chi connectivity index (χ4v) is 2.59. The number of carbonyl (C=O) groups is 3. The first-order valence-corrected chi connectivity index (χ1v) is 8.53. The molecule has 0 spiro atoms. The van der Waals surface area contributed by atoms with Crippen molar-refractivity contribution in [2.45, 2.75) is 6.92 Å². The minimum Gasteiger partial charge on any atom is -0.459 e. The van der Waals surface area contributed by atoms with Crippen LogP contribution in [0.5, 0.6) is 0 Å². The van der Waals surface area contributed by atoms with Gasteiger partial charge in [-0.3, -0.25) is 9.59 Å². The predicted molar refractivity (Wildman–Crippen MR) is 95.5 cm³/mol. The number of ether oxygens (including phenoxy) is 2. The summed E-state index contributed by atoms with van der Waals surface area (Å²) in [6, 6.07) is 7.94. The van der Waals surface area contributed by atoms with E-state index in [2.05, 4.69) is 5.32 Å². The van der Waals surface area contributed by atoms with Crippen molar-refractivity contribution in [3.63, 3.8) is 0 Å². The fraction of sp³-hybridized carbons (Fsp3) is 0.316. The van der Waals surface area contributed by atoms with Gasteiger partial charge in [-0.25, -0.2) is 4.79 Å².